The number of aliphatic carboxylic acids is 2. The maximum atomic E-state index is 9.93. The first-order valence-corrected chi connectivity index (χ1v) is 3.94. The molecular formula is C9H16O4. The van der Waals surface area contributed by atoms with Crippen molar-refractivity contribution in [1.82, 2.24) is 0 Å². The van der Waals surface area contributed by atoms with Gasteiger partial charge in [-0.1, -0.05) is 26.0 Å². The topological polar surface area (TPSA) is 74.6 Å². The maximum Gasteiger partial charge on any atom is 0.307 e. The lowest BCUT2D eigenvalue weighted by atomic mass is 10.2. The SMILES string of the molecule is CC(=O)O.CC(C)C=CCC(=O)O. The summed E-state index contributed by atoms with van der Waals surface area (Å²) in [5, 5.41) is 15.6. The van der Waals surface area contributed by atoms with E-state index in [1.54, 1.807) is 6.08 Å². The Morgan fingerprint density at radius 1 is 1.31 bits per heavy atom. The van der Waals surface area contributed by atoms with Crippen LogP contribution in [0.2, 0.25) is 0 Å². The summed E-state index contributed by atoms with van der Waals surface area (Å²) in [6.07, 6.45) is 3.69. The van der Waals surface area contributed by atoms with Crippen LogP contribution < -0.4 is 0 Å². The number of rotatable bonds is 3. The normalized spacial score (nSPS) is 9.54. The summed E-state index contributed by atoms with van der Waals surface area (Å²) in [4.78, 5) is 18.9. The van der Waals surface area contributed by atoms with E-state index < -0.39 is 11.9 Å². The summed E-state index contributed by atoms with van der Waals surface area (Å²) in [6, 6.07) is 0. The van der Waals surface area contributed by atoms with Gasteiger partial charge in [-0.05, 0) is 5.92 Å². The molecule has 4 heteroatoms. The minimum Gasteiger partial charge on any atom is -0.481 e. The van der Waals surface area contributed by atoms with E-state index in [1.165, 1.54) is 0 Å². The van der Waals surface area contributed by atoms with E-state index >= 15 is 0 Å². The highest BCUT2D eigenvalue weighted by atomic mass is 16.4. The lowest BCUT2D eigenvalue weighted by Crippen LogP contribution is -1.90. The molecule has 4 nitrogen and oxygen atoms in total. The number of hydrogen-bond donors (Lipinski definition) is 2. The van der Waals surface area contributed by atoms with E-state index in [9.17, 15) is 4.79 Å². The van der Waals surface area contributed by atoms with E-state index in [0.29, 0.717) is 5.92 Å². The smallest absolute Gasteiger partial charge is 0.307 e. The fourth-order valence-corrected chi connectivity index (χ4v) is 0.441. The van der Waals surface area contributed by atoms with Gasteiger partial charge in [0, 0.05) is 6.92 Å². The Balaban J connectivity index is 0. The fourth-order valence-electron chi connectivity index (χ4n) is 0.441. The predicted octanol–water partition coefficient (Wildman–Crippen LogP) is 1.76. The molecule has 0 aliphatic rings. The third-order valence-electron chi connectivity index (χ3n) is 0.813. The largest absolute Gasteiger partial charge is 0.481 e. The Labute approximate surface area is 77.9 Å². The van der Waals surface area contributed by atoms with Gasteiger partial charge >= 0.3 is 5.97 Å². The first-order valence-electron chi connectivity index (χ1n) is 3.94. The Hall–Kier alpha value is -1.32. The van der Waals surface area contributed by atoms with Crippen LogP contribution in [0.5, 0.6) is 0 Å². The van der Waals surface area contributed by atoms with Crippen molar-refractivity contribution in [2.24, 2.45) is 5.92 Å². The minimum atomic E-state index is -0.833. The molecule has 0 aliphatic carbocycles. The number of carbonyl (C=O) groups is 2. The standard InChI is InChI=1S/C7H12O2.C2H4O2/c1-6(2)4-3-5-7(8)9;1-2(3)4/h3-4,6H,5H2,1-2H3,(H,8,9);1H3,(H,3,4). The molecule has 0 heterocycles. The van der Waals surface area contributed by atoms with Crippen LogP contribution in [-0.2, 0) is 9.59 Å². The van der Waals surface area contributed by atoms with Gasteiger partial charge in [0.15, 0.2) is 0 Å². The first kappa shape index (κ1) is 14.2. The number of carboxylic acid groups (broad SMARTS) is 2. The molecule has 0 saturated heterocycles. The summed E-state index contributed by atoms with van der Waals surface area (Å²) in [5.74, 6) is -1.16. The number of hydrogen-bond acceptors (Lipinski definition) is 2. The Bertz CT molecular complexity index is 178. The van der Waals surface area contributed by atoms with E-state index in [4.69, 9.17) is 15.0 Å². The zero-order chi connectivity index (χ0) is 10.9. The van der Waals surface area contributed by atoms with Crippen LogP contribution in [0.15, 0.2) is 12.2 Å². The van der Waals surface area contributed by atoms with Crippen molar-refractivity contribution in [2.45, 2.75) is 27.2 Å². The van der Waals surface area contributed by atoms with Gasteiger partial charge in [0.05, 0.1) is 6.42 Å². The molecule has 13 heavy (non-hydrogen) atoms. The molecule has 0 aromatic heterocycles. The molecule has 0 aromatic carbocycles. The molecule has 0 amide bonds. The molecule has 0 unspecified atom stereocenters. The van der Waals surface area contributed by atoms with Gasteiger partial charge in [0.1, 0.15) is 0 Å². The van der Waals surface area contributed by atoms with Crippen molar-refractivity contribution >= 4 is 11.9 Å². The lowest BCUT2D eigenvalue weighted by molar-refractivity contribution is -0.136. The van der Waals surface area contributed by atoms with Crippen LogP contribution >= 0.6 is 0 Å². The number of allylic oxidation sites excluding steroid dienone is 1. The van der Waals surface area contributed by atoms with E-state index in [1.807, 2.05) is 19.9 Å². The summed E-state index contributed by atoms with van der Waals surface area (Å²) in [7, 11) is 0. The average Bonchev–Trinajstić information content (AvgIpc) is 1.83. The van der Waals surface area contributed by atoms with Gasteiger partial charge in [-0.15, -0.1) is 0 Å². The van der Waals surface area contributed by atoms with Crippen LogP contribution in [0.3, 0.4) is 0 Å². The second kappa shape index (κ2) is 8.77. The fraction of sp³-hybridized carbons (Fsp3) is 0.556. The Morgan fingerprint density at radius 2 is 1.69 bits per heavy atom. The zero-order valence-electron chi connectivity index (χ0n) is 8.15. The van der Waals surface area contributed by atoms with Crippen molar-refractivity contribution < 1.29 is 19.8 Å². The highest BCUT2D eigenvalue weighted by Gasteiger charge is 1.89. The molecule has 0 saturated carbocycles. The quantitative estimate of drug-likeness (QED) is 0.662. The molecule has 0 bridgehead atoms. The van der Waals surface area contributed by atoms with Gasteiger partial charge in [-0.3, -0.25) is 9.59 Å². The van der Waals surface area contributed by atoms with Gasteiger partial charge in [0.2, 0.25) is 0 Å². The Morgan fingerprint density at radius 3 is 1.92 bits per heavy atom. The molecule has 0 aromatic rings. The molecule has 2 N–H and O–H groups in total. The van der Waals surface area contributed by atoms with Gasteiger partial charge < -0.3 is 10.2 Å². The van der Waals surface area contributed by atoms with Gasteiger partial charge in [0.25, 0.3) is 5.97 Å². The van der Waals surface area contributed by atoms with Crippen molar-refractivity contribution in [2.75, 3.05) is 0 Å². The van der Waals surface area contributed by atoms with E-state index in [2.05, 4.69) is 0 Å². The molecule has 0 spiro atoms. The average molecular weight is 188 g/mol. The third-order valence-corrected chi connectivity index (χ3v) is 0.813. The highest BCUT2D eigenvalue weighted by Crippen LogP contribution is 1.94. The van der Waals surface area contributed by atoms with Crippen LogP contribution in [0.4, 0.5) is 0 Å². The predicted molar refractivity (Wildman–Crippen MR) is 49.5 cm³/mol. The van der Waals surface area contributed by atoms with Gasteiger partial charge in [-0.25, -0.2) is 0 Å². The highest BCUT2D eigenvalue weighted by molar-refractivity contribution is 5.68. The van der Waals surface area contributed by atoms with Crippen LogP contribution in [0.1, 0.15) is 27.2 Å². The first-order chi connectivity index (χ1) is 5.86. The lowest BCUT2D eigenvalue weighted by Gasteiger charge is -1.90. The van der Waals surface area contributed by atoms with Crippen LogP contribution in [-0.4, -0.2) is 22.2 Å². The molecule has 76 valence electrons. The van der Waals surface area contributed by atoms with Crippen molar-refractivity contribution in [3.05, 3.63) is 12.2 Å². The molecule has 0 radical (unpaired) electrons. The summed E-state index contributed by atoms with van der Waals surface area (Å²) in [5.41, 5.74) is 0. The summed E-state index contributed by atoms with van der Waals surface area (Å²) < 4.78 is 0. The Kier molecular flexibility index (Phi) is 9.60. The molecular weight excluding hydrogens is 172 g/mol. The molecule has 0 atom stereocenters. The second-order valence-corrected chi connectivity index (χ2v) is 2.79. The molecule has 0 aliphatic heterocycles. The minimum absolute atomic E-state index is 0.137. The van der Waals surface area contributed by atoms with Crippen LogP contribution in [0.25, 0.3) is 0 Å². The monoisotopic (exact) mass is 188 g/mol. The third kappa shape index (κ3) is 36.7. The van der Waals surface area contributed by atoms with Gasteiger partial charge in [-0.2, -0.15) is 0 Å². The molecule has 0 rings (SSSR count). The van der Waals surface area contributed by atoms with Crippen molar-refractivity contribution in [1.29, 1.82) is 0 Å². The summed E-state index contributed by atoms with van der Waals surface area (Å²) >= 11 is 0. The second-order valence-electron chi connectivity index (χ2n) is 2.79. The summed E-state index contributed by atoms with van der Waals surface area (Å²) in [6.45, 7) is 5.11. The van der Waals surface area contributed by atoms with Crippen molar-refractivity contribution in [3.8, 4) is 0 Å². The molecule has 0 fully saturated rings. The van der Waals surface area contributed by atoms with Crippen molar-refractivity contribution in [3.63, 3.8) is 0 Å². The van der Waals surface area contributed by atoms with E-state index in [-0.39, 0.29) is 6.42 Å². The van der Waals surface area contributed by atoms with Crippen LogP contribution in [0, 0.1) is 5.92 Å². The number of carboxylic acids is 2. The zero-order valence-corrected chi connectivity index (χ0v) is 8.15. The maximum absolute atomic E-state index is 9.93. The van der Waals surface area contributed by atoms with E-state index in [0.717, 1.165) is 6.92 Å².